The second-order valence-corrected chi connectivity index (χ2v) is 5.42. The monoisotopic (exact) mass is 280 g/mol. The van der Waals surface area contributed by atoms with Gasteiger partial charge in [0.15, 0.2) is 0 Å². The van der Waals surface area contributed by atoms with Gasteiger partial charge in [-0.3, -0.25) is 4.79 Å². The number of rotatable bonds is 3. The van der Waals surface area contributed by atoms with Crippen LogP contribution in [0.3, 0.4) is 0 Å². The summed E-state index contributed by atoms with van der Waals surface area (Å²) in [5.41, 5.74) is 0.925. The Morgan fingerprint density at radius 3 is 2.65 bits per heavy atom. The van der Waals surface area contributed by atoms with Gasteiger partial charge >= 0.3 is 0 Å². The third kappa shape index (κ3) is 3.35. The minimum atomic E-state index is -0.342. The molecule has 1 aromatic rings. The average molecular weight is 280 g/mol. The molecule has 1 aliphatic rings. The number of carbonyl (C=O) groups is 1. The Balaban J connectivity index is 2.18. The van der Waals surface area contributed by atoms with Crippen molar-refractivity contribution in [2.24, 2.45) is 0 Å². The number of benzene rings is 1. The van der Waals surface area contributed by atoms with E-state index >= 15 is 0 Å². The van der Waals surface area contributed by atoms with Crippen molar-refractivity contribution < 1.29 is 13.9 Å². The topological polar surface area (TPSA) is 41.6 Å². The summed E-state index contributed by atoms with van der Waals surface area (Å²) < 4.78 is 18.5. The van der Waals surface area contributed by atoms with E-state index in [9.17, 15) is 9.18 Å². The minimum Gasteiger partial charge on any atom is -0.380 e. The van der Waals surface area contributed by atoms with E-state index in [1.807, 2.05) is 4.90 Å². The van der Waals surface area contributed by atoms with Gasteiger partial charge in [0.05, 0.1) is 6.61 Å². The molecule has 0 saturated carbocycles. The Bertz CT molecular complexity index is 483. The predicted molar refractivity (Wildman–Crippen MR) is 75.1 cm³/mol. The predicted octanol–water partition coefficient (Wildman–Crippen LogP) is 1.79. The summed E-state index contributed by atoms with van der Waals surface area (Å²) in [6.07, 6.45) is 0. The van der Waals surface area contributed by atoms with Crippen molar-refractivity contribution in [3.05, 3.63) is 35.1 Å². The number of hydrogen-bond acceptors (Lipinski definition) is 3. The highest BCUT2D eigenvalue weighted by Crippen LogP contribution is 2.15. The van der Waals surface area contributed by atoms with Crippen molar-refractivity contribution in [2.75, 3.05) is 20.2 Å². The van der Waals surface area contributed by atoms with Crippen molar-refractivity contribution in [3.63, 3.8) is 0 Å². The van der Waals surface area contributed by atoms with Gasteiger partial charge in [0.2, 0.25) is 0 Å². The highest BCUT2D eigenvalue weighted by Gasteiger charge is 2.25. The zero-order valence-corrected chi connectivity index (χ0v) is 12.1. The maximum Gasteiger partial charge on any atom is 0.253 e. The Hall–Kier alpha value is -1.46. The molecule has 0 spiro atoms. The second-order valence-electron chi connectivity index (χ2n) is 5.42. The van der Waals surface area contributed by atoms with Gasteiger partial charge < -0.3 is 15.0 Å². The number of carbonyl (C=O) groups excluding carboxylic acids is 1. The third-order valence-electron chi connectivity index (χ3n) is 3.44. The van der Waals surface area contributed by atoms with Gasteiger partial charge in [0.1, 0.15) is 5.82 Å². The summed E-state index contributed by atoms with van der Waals surface area (Å²) in [5, 5.41) is 3.38. The Morgan fingerprint density at radius 1 is 1.40 bits per heavy atom. The van der Waals surface area contributed by atoms with E-state index < -0.39 is 0 Å². The first-order valence-electron chi connectivity index (χ1n) is 6.84. The summed E-state index contributed by atoms with van der Waals surface area (Å²) in [7, 11) is 1.51. The Labute approximate surface area is 118 Å². The first-order chi connectivity index (χ1) is 9.51. The van der Waals surface area contributed by atoms with Crippen molar-refractivity contribution in [3.8, 4) is 0 Å². The maximum absolute atomic E-state index is 13.6. The van der Waals surface area contributed by atoms with Gasteiger partial charge in [0.25, 0.3) is 5.91 Å². The smallest absolute Gasteiger partial charge is 0.253 e. The molecule has 1 aromatic carbocycles. The van der Waals surface area contributed by atoms with Crippen LogP contribution in [0.1, 0.15) is 29.8 Å². The summed E-state index contributed by atoms with van der Waals surface area (Å²) in [4.78, 5) is 14.3. The van der Waals surface area contributed by atoms with Crippen LogP contribution in [-0.2, 0) is 11.3 Å². The number of ether oxygens (including phenoxy) is 1. The third-order valence-corrected chi connectivity index (χ3v) is 3.44. The molecule has 2 atom stereocenters. The number of piperazine rings is 1. The molecule has 1 N–H and O–H groups in total. The quantitative estimate of drug-likeness (QED) is 0.918. The fraction of sp³-hybridized carbons (Fsp3) is 0.533. The lowest BCUT2D eigenvalue weighted by atomic mass is 10.1. The molecule has 1 fully saturated rings. The molecule has 2 rings (SSSR count). The number of halogens is 1. The lowest BCUT2D eigenvalue weighted by Gasteiger charge is -2.36. The highest BCUT2D eigenvalue weighted by molar-refractivity contribution is 5.94. The molecule has 1 amide bonds. The van der Waals surface area contributed by atoms with Gasteiger partial charge in [-0.05, 0) is 32.0 Å². The zero-order valence-electron chi connectivity index (χ0n) is 12.1. The summed E-state index contributed by atoms with van der Waals surface area (Å²) >= 11 is 0. The number of nitrogens with zero attached hydrogens (tertiary/aromatic N) is 1. The molecule has 5 heteroatoms. The number of nitrogens with one attached hydrogen (secondary N) is 1. The molecule has 0 radical (unpaired) electrons. The largest absolute Gasteiger partial charge is 0.380 e. The van der Waals surface area contributed by atoms with E-state index in [1.54, 1.807) is 6.07 Å². The molecule has 1 saturated heterocycles. The molecule has 4 nitrogen and oxygen atoms in total. The van der Waals surface area contributed by atoms with Gasteiger partial charge in [-0.15, -0.1) is 0 Å². The van der Waals surface area contributed by atoms with Crippen molar-refractivity contribution in [2.45, 2.75) is 32.5 Å². The number of amides is 1. The number of hydrogen-bond donors (Lipinski definition) is 1. The van der Waals surface area contributed by atoms with E-state index in [4.69, 9.17) is 4.74 Å². The first kappa shape index (κ1) is 14.9. The van der Waals surface area contributed by atoms with Crippen molar-refractivity contribution in [1.29, 1.82) is 0 Å². The van der Waals surface area contributed by atoms with Gasteiger partial charge in [-0.1, -0.05) is 0 Å². The summed E-state index contributed by atoms with van der Waals surface area (Å²) in [6, 6.07) is 4.98. The van der Waals surface area contributed by atoms with E-state index in [0.29, 0.717) is 24.2 Å². The Morgan fingerprint density at radius 2 is 2.05 bits per heavy atom. The summed E-state index contributed by atoms with van der Waals surface area (Å²) in [5.74, 6) is -0.395. The molecule has 20 heavy (non-hydrogen) atoms. The lowest BCUT2D eigenvalue weighted by molar-refractivity contribution is 0.0673. The van der Waals surface area contributed by atoms with E-state index in [0.717, 1.165) is 0 Å². The van der Waals surface area contributed by atoms with Crippen molar-refractivity contribution >= 4 is 5.91 Å². The van der Waals surface area contributed by atoms with Crippen LogP contribution in [0.4, 0.5) is 4.39 Å². The van der Waals surface area contributed by atoms with E-state index in [1.165, 1.54) is 19.2 Å². The van der Waals surface area contributed by atoms with Crippen LogP contribution in [0, 0.1) is 5.82 Å². The van der Waals surface area contributed by atoms with E-state index in [-0.39, 0.29) is 30.4 Å². The Kier molecular flexibility index (Phi) is 4.73. The summed E-state index contributed by atoms with van der Waals surface area (Å²) in [6.45, 7) is 5.61. The van der Waals surface area contributed by atoms with Crippen LogP contribution >= 0.6 is 0 Å². The molecule has 0 bridgehead atoms. The fourth-order valence-electron chi connectivity index (χ4n) is 2.65. The van der Waals surface area contributed by atoms with Crippen LogP contribution < -0.4 is 5.32 Å². The molecule has 0 aliphatic carbocycles. The van der Waals surface area contributed by atoms with Crippen LogP contribution in [0.15, 0.2) is 18.2 Å². The first-order valence-corrected chi connectivity index (χ1v) is 6.84. The normalized spacial score (nSPS) is 22.9. The molecule has 2 unspecified atom stereocenters. The van der Waals surface area contributed by atoms with Gasteiger partial charge in [-0.2, -0.15) is 0 Å². The van der Waals surface area contributed by atoms with Crippen molar-refractivity contribution in [1.82, 2.24) is 10.2 Å². The van der Waals surface area contributed by atoms with Gasteiger partial charge in [0, 0.05) is 43.4 Å². The lowest BCUT2D eigenvalue weighted by Crippen LogP contribution is -2.55. The fourth-order valence-corrected chi connectivity index (χ4v) is 2.65. The number of methoxy groups -OCH3 is 1. The highest BCUT2D eigenvalue weighted by atomic mass is 19.1. The molecule has 0 aromatic heterocycles. The van der Waals surface area contributed by atoms with Crippen LogP contribution in [0.2, 0.25) is 0 Å². The minimum absolute atomic E-state index is 0.0532. The average Bonchev–Trinajstić information content (AvgIpc) is 2.39. The molecular formula is C15H21FN2O2. The standard InChI is InChI=1S/C15H21FN2O2/c1-10-7-18(8-11(2)17-10)15(19)12-4-5-14(16)13(6-12)9-20-3/h4-6,10-11,17H,7-9H2,1-3H3. The molecule has 1 aliphatic heterocycles. The van der Waals surface area contributed by atoms with Gasteiger partial charge in [-0.25, -0.2) is 4.39 Å². The molecule has 110 valence electrons. The van der Waals surface area contributed by atoms with Crippen LogP contribution in [0.25, 0.3) is 0 Å². The molecular weight excluding hydrogens is 259 g/mol. The second kappa shape index (κ2) is 6.33. The SMILES string of the molecule is COCc1cc(C(=O)N2CC(C)NC(C)C2)ccc1F. The van der Waals surface area contributed by atoms with E-state index in [2.05, 4.69) is 19.2 Å². The van der Waals surface area contributed by atoms with Crippen LogP contribution in [-0.4, -0.2) is 43.1 Å². The van der Waals surface area contributed by atoms with Crippen LogP contribution in [0.5, 0.6) is 0 Å². The maximum atomic E-state index is 13.6. The zero-order chi connectivity index (χ0) is 14.7. The molecule has 1 heterocycles.